The number of methoxy groups -OCH3 is 2. The van der Waals surface area contributed by atoms with Crippen LogP contribution in [0.15, 0.2) is 66.6 Å². The predicted octanol–water partition coefficient (Wildman–Crippen LogP) is 3.46. The Labute approximate surface area is 189 Å². The van der Waals surface area contributed by atoms with Crippen molar-refractivity contribution in [3.8, 4) is 11.5 Å². The molecule has 166 valence electrons. The van der Waals surface area contributed by atoms with Crippen LogP contribution in [0.25, 0.3) is 0 Å². The van der Waals surface area contributed by atoms with E-state index in [0.29, 0.717) is 40.1 Å². The lowest BCUT2D eigenvalue weighted by molar-refractivity contribution is -0.113. The third kappa shape index (κ3) is 5.67. The van der Waals surface area contributed by atoms with Gasteiger partial charge in [-0.2, -0.15) is 0 Å². The van der Waals surface area contributed by atoms with Gasteiger partial charge in [0.15, 0.2) is 5.16 Å². The summed E-state index contributed by atoms with van der Waals surface area (Å²) in [5.41, 5.74) is 1.34. The molecule has 0 saturated carbocycles. The predicted molar refractivity (Wildman–Crippen MR) is 124 cm³/mol. The SMILES string of the molecule is C=CCn1cnnc1SCC(=O)Nc1cc(OC)c(NC(=O)c2ccccc2)cc1OC. The van der Waals surface area contributed by atoms with Gasteiger partial charge in [-0.15, -0.1) is 16.8 Å². The summed E-state index contributed by atoms with van der Waals surface area (Å²) in [4.78, 5) is 25.0. The maximum absolute atomic E-state index is 12.5. The number of amides is 2. The average molecular weight is 454 g/mol. The quantitative estimate of drug-likeness (QED) is 0.358. The highest BCUT2D eigenvalue weighted by Gasteiger charge is 2.17. The highest BCUT2D eigenvalue weighted by atomic mass is 32.2. The molecule has 1 aromatic heterocycles. The van der Waals surface area contributed by atoms with E-state index < -0.39 is 0 Å². The molecule has 10 heteroatoms. The summed E-state index contributed by atoms with van der Waals surface area (Å²) in [6.45, 7) is 4.24. The first-order valence-electron chi connectivity index (χ1n) is 9.59. The van der Waals surface area contributed by atoms with Crippen molar-refractivity contribution in [3.63, 3.8) is 0 Å². The fourth-order valence-corrected chi connectivity index (χ4v) is 3.54. The minimum atomic E-state index is -0.289. The van der Waals surface area contributed by atoms with Crippen LogP contribution in [0.2, 0.25) is 0 Å². The third-order valence-corrected chi connectivity index (χ3v) is 5.30. The standard InChI is InChI=1S/C22H23N5O4S/c1-4-10-27-14-23-26-22(27)32-13-20(28)24-16-11-19(31-3)17(12-18(16)30-2)25-21(29)15-8-6-5-7-9-15/h4-9,11-12,14H,1,10,13H2,2-3H3,(H,24,28)(H,25,29). The Kier molecular flexibility index (Phi) is 7.87. The van der Waals surface area contributed by atoms with Crippen molar-refractivity contribution in [3.05, 3.63) is 67.0 Å². The Balaban J connectivity index is 1.72. The summed E-state index contributed by atoms with van der Waals surface area (Å²) in [5, 5.41) is 14.1. The van der Waals surface area contributed by atoms with Gasteiger partial charge in [0.25, 0.3) is 5.91 Å². The van der Waals surface area contributed by atoms with Crippen LogP contribution in [0.4, 0.5) is 11.4 Å². The summed E-state index contributed by atoms with van der Waals surface area (Å²) in [5.74, 6) is 0.326. The molecule has 9 nitrogen and oxygen atoms in total. The maximum atomic E-state index is 12.5. The molecule has 0 aliphatic rings. The molecular formula is C22H23N5O4S. The molecule has 3 aromatic rings. The number of carbonyl (C=O) groups is 2. The van der Waals surface area contributed by atoms with Crippen LogP contribution < -0.4 is 20.1 Å². The van der Waals surface area contributed by atoms with Crippen molar-refractivity contribution in [2.75, 3.05) is 30.6 Å². The molecule has 0 unspecified atom stereocenters. The monoisotopic (exact) mass is 453 g/mol. The van der Waals surface area contributed by atoms with Crippen LogP contribution in [-0.4, -0.2) is 46.6 Å². The van der Waals surface area contributed by atoms with E-state index in [1.165, 1.54) is 26.0 Å². The van der Waals surface area contributed by atoms with Gasteiger partial charge in [-0.25, -0.2) is 0 Å². The van der Waals surface area contributed by atoms with Gasteiger partial charge in [0.2, 0.25) is 5.91 Å². The van der Waals surface area contributed by atoms with Crippen LogP contribution >= 0.6 is 11.8 Å². The zero-order valence-electron chi connectivity index (χ0n) is 17.7. The fraction of sp³-hybridized carbons (Fsp3) is 0.182. The molecule has 2 aromatic carbocycles. The van der Waals surface area contributed by atoms with E-state index in [1.807, 2.05) is 6.07 Å². The smallest absolute Gasteiger partial charge is 0.255 e. The highest BCUT2D eigenvalue weighted by Crippen LogP contribution is 2.36. The lowest BCUT2D eigenvalue weighted by atomic mass is 10.2. The number of aromatic nitrogens is 3. The number of hydrogen-bond acceptors (Lipinski definition) is 7. The summed E-state index contributed by atoms with van der Waals surface area (Å²) < 4.78 is 12.6. The van der Waals surface area contributed by atoms with Crippen molar-refractivity contribution in [2.24, 2.45) is 0 Å². The maximum Gasteiger partial charge on any atom is 0.255 e. The Morgan fingerprint density at radius 3 is 2.38 bits per heavy atom. The van der Waals surface area contributed by atoms with Gasteiger partial charge in [-0.3, -0.25) is 9.59 Å². The molecular weight excluding hydrogens is 430 g/mol. The van der Waals surface area contributed by atoms with Crippen LogP contribution in [0, 0.1) is 0 Å². The number of rotatable bonds is 10. The second kappa shape index (κ2) is 11.0. The molecule has 0 atom stereocenters. The Bertz CT molecular complexity index is 1100. The molecule has 2 amide bonds. The molecule has 0 saturated heterocycles. The summed E-state index contributed by atoms with van der Waals surface area (Å²) in [6, 6.07) is 12.0. The minimum absolute atomic E-state index is 0.119. The number of anilines is 2. The van der Waals surface area contributed by atoms with Crippen molar-refractivity contribution < 1.29 is 19.1 Å². The van der Waals surface area contributed by atoms with E-state index in [2.05, 4.69) is 27.4 Å². The van der Waals surface area contributed by atoms with E-state index in [-0.39, 0.29) is 17.6 Å². The van der Waals surface area contributed by atoms with E-state index in [9.17, 15) is 9.59 Å². The highest BCUT2D eigenvalue weighted by molar-refractivity contribution is 7.99. The van der Waals surface area contributed by atoms with Crippen molar-refractivity contribution in [1.82, 2.24) is 14.8 Å². The molecule has 2 N–H and O–H groups in total. The van der Waals surface area contributed by atoms with Gasteiger partial charge >= 0.3 is 0 Å². The van der Waals surface area contributed by atoms with E-state index in [4.69, 9.17) is 9.47 Å². The van der Waals surface area contributed by atoms with Crippen LogP contribution in [0.5, 0.6) is 11.5 Å². The van der Waals surface area contributed by atoms with E-state index >= 15 is 0 Å². The van der Waals surface area contributed by atoms with E-state index in [1.54, 1.807) is 53.4 Å². The van der Waals surface area contributed by atoms with E-state index in [0.717, 1.165) is 0 Å². The molecule has 0 bridgehead atoms. The first-order chi connectivity index (χ1) is 15.5. The van der Waals surface area contributed by atoms with Crippen LogP contribution in [0.3, 0.4) is 0 Å². The van der Waals surface area contributed by atoms with Gasteiger partial charge in [0, 0.05) is 24.2 Å². The molecule has 0 aliphatic carbocycles. The molecule has 32 heavy (non-hydrogen) atoms. The number of allylic oxidation sites excluding steroid dienone is 1. The van der Waals surface area contributed by atoms with Gasteiger partial charge in [-0.1, -0.05) is 36.0 Å². The number of benzene rings is 2. The fourth-order valence-electron chi connectivity index (χ4n) is 2.81. The lowest BCUT2D eigenvalue weighted by Crippen LogP contribution is -2.16. The molecule has 3 rings (SSSR count). The van der Waals surface area contributed by atoms with Gasteiger partial charge in [-0.05, 0) is 12.1 Å². The number of hydrogen-bond donors (Lipinski definition) is 2. The van der Waals surface area contributed by atoms with Gasteiger partial charge < -0.3 is 24.7 Å². The number of thioether (sulfide) groups is 1. The Hall–Kier alpha value is -3.79. The third-order valence-electron chi connectivity index (χ3n) is 4.32. The topological polar surface area (TPSA) is 107 Å². The number of ether oxygens (including phenoxy) is 2. The van der Waals surface area contributed by atoms with Crippen LogP contribution in [-0.2, 0) is 11.3 Å². The Morgan fingerprint density at radius 2 is 1.75 bits per heavy atom. The lowest BCUT2D eigenvalue weighted by Gasteiger charge is -2.16. The van der Waals surface area contributed by atoms with Crippen LogP contribution in [0.1, 0.15) is 10.4 Å². The van der Waals surface area contributed by atoms with Crippen molar-refractivity contribution >= 4 is 35.0 Å². The van der Waals surface area contributed by atoms with Gasteiger partial charge in [0.05, 0.1) is 31.3 Å². The Morgan fingerprint density at radius 1 is 1.09 bits per heavy atom. The van der Waals surface area contributed by atoms with Gasteiger partial charge in [0.1, 0.15) is 17.8 Å². The summed E-state index contributed by atoms with van der Waals surface area (Å²) >= 11 is 1.25. The molecule has 1 heterocycles. The second-order valence-electron chi connectivity index (χ2n) is 6.46. The number of nitrogens with one attached hydrogen (secondary N) is 2. The largest absolute Gasteiger partial charge is 0.494 e. The van der Waals surface area contributed by atoms with Crippen molar-refractivity contribution in [1.29, 1.82) is 0 Å². The first-order valence-corrected chi connectivity index (χ1v) is 10.6. The normalized spacial score (nSPS) is 10.3. The first kappa shape index (κ1) is 22.9. The number of carbonyl (C=O) groups excluding carboxylic acids is 2. The zero-order chi connectivity index (χ0) is 22.9. The summed E-state index contributed by atoms with van der Waals surface area (Å²) in [7, 11) is 2.96. The average Bonchev–Trinajstić information content (AvgIpc) is 3.26. The molecule has 0 fully saturated rings. The van der Waals surface area contributed by atoms with Crippen molar-refractivity contribution in [2.45, 2.75) is 11.7 Å². The minimum Gasteiger partial charge on any atom is -0.494 e. The summed E-state index contributed by atoms with van der Waals surface area (Å²) in [6.07, 6.45) is 3.31. The molecule has 0 spiro atoms. The molecule has 0 radical (unpaired) electrons. The number of nitrogens with zero attached hydrogens (tertiary/aromatic N) is 3. The zero-order valence-corrected chi connectivity index (χ0v) is 18.5. The molecule has 0 aliphatic heterocycles. The second-order valence-corrected chi connectivity index (χ2v) is 7.41.